The molecule has 2 N–H and O–H groups in total. The van der Waals surface area contributed by atoms with Crippen molar-refractivity contribution in [3.8, 4) is 0 Å². The van der Waals surface area contributed by atoms with Gasteiger partial charge in [-0.1, -0.05) is 13.3 Å². The fourth-order valence-corrected chi connectivity index (χ4v) is 2.60. The van der Waals surface area contributed by atoms with Crippen LogP contribution in [0.25, 0.3) is 0 Å². The Morgan fingerprint density at radius 3 is 2.80 bits per heavy atom. The molecule has 86 valence electrons. The predicted octanol–water partition coefficient (Wildman–Crippen LogP) is 0.768. The normalized spacial score (nSPS) is 35.4. The number of aliphatic carboxylic acids is 1. The Hall–Kier alpha value is -0.545. The van der Waals surface area contributed by atoms with Gasteiger partial charge in [0.25, 0.3) is 0 Å². The van der Waals surface area contributed by atoms with Gasteiger partial charge in [-0.3, -0.25) is 4.79 Å². The summed E-state index contributed by atoms with van der Waals surface area (Å²) < 4.78 is 4.94. The zero-order chi connectivity index (χ0) is 11.5. The molecule has 0 heterocycles. The molecular formula is C10H20BNO3. The minimum atomic E-state index is -0.670. The molecule has 3 atom stereocenters. The van der Waals surface area contributed by atoms with Crippen LogP contribution in [0.15, 0.2) is 0 Å². The van der Waals surface area contributed by atoms with Crippen molar-refractivity contribution < 1.29 is 14.6 Å². The van der Waals surface area contributed by atoms with E-state index in [0.717, 1.165) is 12.8 Å². The summed E-state index contributed by atoms with van der Waals surface area (Å²) in [5, 5.41) is 12.5. The van der Waals surface area contributed by atoms with Crippen LogP contribution in [0.3, 0.4) is 0 Å². The van der Waals surface area contributed by atoms with Crippen LogP contribution in [0.5, 0.6) is 0 Å². The summed E-state index contributed by atoms with van der Waals surface area (Å²) >= 11 is 0. The Balaban J connectivity index is 2.62. The van der Waals surface area contributed by atoms with Crippen molar-refractivity contribution in [3.63, 3.8) is 0 Å². The highest BCUT2D eigenvalue weighted by molar-refractivity contribution is 6.23. The lowest BCUT2D eigenvalue weighted by Gasteiger charge is -2.25. The van der Waals surface area contributed by atoms with Crippen LogP contribution >= 0.6 is 0 Å². The standard InChI is InChI=1S/C10H20BNO3/c1-4-7-5-8(12-11-15-3)6-10(7,2)9(13)14/h7-8,11-12H,4-6H2,1-3H3,(H,13,14)/t7-,8+,10-/m1/s1. The van der Waals surface area contributed by atoms with Crippen LogP contribution in [-0.4, -0.2) is 31.8 Å². The molecule has 1 fully saturated rings. The van der Waals surface area contributed by atoms with Crippen LogP contribution < -0.4 is 5.23 Å². The van der Waals surface area contributed by atoms with Gasteiger partial charge in [0.2, 0.25) is 0 Å². The number of hydrogen-bond donors (Lipinski definition) is 2. The average molecular weight is 213 g/mol. The third-order valence-corrected chi connectivity index (χ3v) is 3.64. The molecule has 1 aliphatic rings. The fourth-order valence-electron chi connectivity index (χ4n) is 2.60. The van der Waals surface area contributed by atoms with E-state index < -0.39 is 11.4 Å². The summed E-state index contributed by atoms with van der Waals surface area (Å²) in [5.74, 6) is -0.402. The average Bonchev–Trinajstić information content (AvgIpc) is 2.53. The van der Waals surface area contributed by atoms with E-state index in [9.17, 15) is 9.90 Å². The Morgan fingerprint density at radius 2 is 2.40 bits per heavy atom. The minimum Gasteiger partial charge on any atom is -0.481 e. The zero-order valence-corrected chi connectivity index (χ0v) is 9.75. The molecule has 0 aromatic carbocycles. The van der Waals surface area contributed by atoms with Crippen molar-refractivity contribution >= 4 is 13.6 Å². The van der Waals surface area contributed by atoms with Gasteiger partial charge in [-0.15, -0.1) is 0 Å². The summed E-state index contributed by atoms with van der Waals surface area (Å²) in [6.45, 7) is 3.92. The zero-order valence-electron chi connectivity index (χ0n) is 9.75. The first kappa shape index (κ1) is 12.5. The lowest BCUT2D eigenvalue weighted by atomic mass is 9.78. The van der Waals surface area contributed by atoms with Crippen molar-refractivity contribution in [1.29, 1.82) is 0 Å². The van der Waals surface area contributed by atoms with Gasteiger partial charge >= 0.3 is 13.6 Å². The van der Waals surface area contributed by atoms with Crippen molar-refractivity contribution in [2.24, 2.45) is 11.3 Å². The van der Waals surface area contributed by atoms with E-state index in [1.54, 1.807) is 7.11 Å². The second kappa shape index (κ2) is 4.99. The van der Waals surface area contributed by atoms with E-state index in [4.69, 9.17) is 4.65 Å². The molecule has 5 heteroatoms. The number of carboxylic acid groups (broad SMARTS) is 1. The fraction of sp³-hybridized carbons (Fsp3) is 0.900. The van der Waals surface area contributed by atoms with Gasteiger partial charge in [0.1, 0.15) is 0 Å². The summed E-state index contributed by atoms with van der Waals surface area (Å²) in [6, 6.07) is 0.274. The number of carbonyl (C=O) groups is 1. The van der Waals surface area contributed by atoms with Crippen molar-refractivity contribution in [2.45, 2.75) is 39.2 Å². The topological polar surface area (TPSA) is 58.6 Å². The van der Waals surface area contributed by atoms with Crippen LogP contribution in [0, 0.1) is 11.3 Å². The third kappa shape index (κ3) is 2.52. The summed E-state index contributed by atoms with van der Waals surface area (Å²) in [5.41, 5.74) is -0.569. The number of rotatable bonds is 5. The van der Waals surface area contributed by atoms with Gasteiger partial charge in [0, 0.05) is 7.11 Å². The molecule has 1 aliphatic carbocycles. The summed E-state index contributed by atoms with van der Waals surface area (Å²) in [4.78, 5) is 11.3. The maximum atomic E-state index is 11.3. The molecule has 0 unspecified atom stereocenters. The first-order chi connectivity index (χ1) is 7.04. The van der Waals surface area contributed by atoms with Gasteiger partial charge in [-0.05, 0) is 31.7 Å². The van der Waals surface area contributed by atoms with E-state index in [2.05, 4.69) is 12.2 Å². The molecule has 1 rings (SSSR count). The van der Waals surface area contributed by atoms with Crippen molar-refractivity contribution in [3.05, 3.63) is 0 Å². The Kier molecular flexibility index (Phi) is 4.17. The van der Waals surface area contributed by atoms with Gasteiger partial charge in [-0.2, -0.15) is 0 Å². The molecule has 0 aliphatic heterocycles. The molecule has 0 aromatic rings. The minimum absolute atomic E-state index is 0.268. The molecule has 0 amide bonds. The highest BCUT2D eigenvalue weighted by Gasteiger charge is 2.48. The molecule has 1 saturated carbocycles. The molecule has 0 spiro atoms. The predicted molar refractivity (Wildman–Crippen MR) is 59.8 cm³/mol. The third-order valence-electron chi connectivity index (χ3n) is 3.64. The molecule has 0 bridgehead atoms. The second-order valence-electron chi connectivity index (χ2n) is 4.60. The molecule has 0 radical (unpaired) electrons. The maximum absolute atomic E-state index is 11.3. The lowest BCUT2D eigenvalue weighted by molar-refractivity contribution is -0.150. The van der Waals surface area contributed by atoms with Crippen LogP contribution in [-0.2, 0) is 9.45 Å². The smallest absolute Gasteiger partial charge is 0.360 e. The van der Waals surface area contributed by atoms with E-state index in [1.807, 2.05) is 6.92 Å². The maximum Gasteiger partial charge on any atom is 0.360 e. The van der Waals surface area contributed by atoms with E-state index in [1.165, 1.54) is 0 Å². The van der Waals surface area contributed by atoms with Gasteiger partial charge in [0.15, 0.2) is 0 Å². The van der Waals surface area contributed by atoms with E-state index in [-0.39, 0.29) is 12.0 Å². The highest BCUT2D eigenvalue weighted by atomic mass is 16.4. The van der Waals surface area contributed by atoms with E-state index >= 15 is 0 Å². The van der Waals surface area contributed by atoms with Gasteiger partial charge in [-0.25, -0.2) is 0 Å². The highest BCUT2D eigenvalue weighted by Crippen LogP contribution is 2.45. The van der Waals surface area contributed by atoms with Gasteiger partial charge < -0.3 is 15.0 Å². The van der Waals surface area contributed by atoms with Crippen LogP contribution in [0.4, 0.5) is 0 Å². The SMILES string of the molecule is CC[C@@H]1C[C@H](NBOC)C[C@@]1(C)C(=O)O. The van der Waals surface area contributed by atoms with Crippen LogP contribution in [0.1, 0.15) is 33.1 Å². The second-order valence-corrected chi connectivity index (χ2v) is 4.60. The number of hydrogen-bond acceptors (Lipinski definition) is 3. The van der Waals surface area contributed by atoms with E-state index in [0.29, 0.717) is 14.0 Å². The molecular weight excluding hydrogens is 193 g/mol. The van der Waals surface area contributed by atoms with Crippen molar-refractivity contribution in [2.75, 3.05) is 7.11 Å². The Labute approximate surface area is 91.7 Å². The molecule has 0 saturated heterocycles. The van der Waals surface area contributed by atoms with Gasteiger partial charge in [0.05, 0.1) is 5.41 Å². The summed E-state index contributed by atoms with van der Waals surface area (Å²) in [6.07, 6.45) is 2.56. The summed E-state index contributed by atoms with van der Waals surface area (Å²) in [7, 11) is 2.13. The Morgan fingerprint density at radius 1 is 1.73 bits per heavy atom. The van der Waals surface area contributed by atoms with Crippen molar-refractivity contribution in [1.82, 2.24) is 5.23 Å². The largest absolute Gasteiger partial charge is 0.481 e. The number of carboxylic acids is 1. The monoisotopic (exact) mass is 213 g/mol. The molecule has 15 heavy (non-hydrogen) atoms. The Bertz CT molecular complexity index is 237. The quantitative estimate of drug-likeness (QED) is 0.662. The molecule has 4 nitrogen and oxygen atoms in total. The van der Waals surface area contributed by atoms with Crippen LogP contribution in [0.2, 0.25) is 0 Å². The number of nitrogens with one attached hydrogen (secondary N) is 1. The lowest BCUT2D eigenvalue weighted by Crippen LogP contribution is -2.34. The first-order valence-corrected chi connectivity index (χ1v) is 5.50. The first-order valence-electron chi connectivity index (χ1n) is 5.50. The molecule has 0 aromatic heterocycles.